The molecule has 0 rings (SSSR count). The molecule has 0 saturated carbocycles. The second-order valence-corrected chi connectivity index (χ2v) is 12.8. The molecule has 0 N–H and O–H groups in total. The van der Waals surface area contributed by atoms with E-state index in [0.717, 1.165) is 0 Å². The minimum absolute atomic E-state index is 0. The number of hydrogen-bond acceptors (Lipinski definition) is 12. The van der Waals surface area contributed by atoms with Crippen molar-refractivity contribution in [1.82, 2.24) is 0 Å². The summed E-state index contributed by atoms with van der Waals surface area (Å²) in [6.07, 6.45) is 19.7. The summed E-state index contributed by atoms with van der Waals surface area (Å²) < 4.78 is 62.4. The first-order valence-electron chi connectivity index (χ1n) is 15.5. The van der Waals surface area contributed by atoms with Crippen LogP contribution in [0.25, 0.3) is 0 Å². The Kier molecular flexibility index (Phi) is 65.8. The monoisotopic (exact) mass is 866 g/mol. The SMILES string of the molecule is C=CCOP(OCC=C)OCC=C.C=CCOP(OCC=C)OCC=C.C=CCOP(OCC=C)OCC=C.C=CCOP(OCC=C)OCC=C.[Ni]. The molecular formula is C36H60NiO12P4. The quantitative estimate of drug-likeness (QED) is 0.0340. The maximum atomic E-state index is 5.20. The minimum Gasteiger partial charge on any atom is -0.308 e. The molecular weight excluding hydrogens is 807 g/mol. The van der Waals surface area contributed by atoms with E-state index >= 15 is 0 Å². The van der Waals surface area contributed by atoms with Crippen LogP contribution in [0.5, 0.6) is 0 Å². The fourth-order valence-corrected chi connectivity index (χ4v) is 5.43. The van der Waals surface area contributed by atoms with Crippen LogP contribution in [0, 0.1) is 0 Å². The van der Waals surface area contributed by atoms with Gasteiger partial charge < -0.3 is 54.3 Å². The molecule has 0 atom stereocenters. The van der Waals surface area contributed by atoms with Crippen LogP contribution >= 0.6 is 34.4 Å². The Bertz CT molecular complexity index is 673. The third-order valence-electron chi connectivity index (χ3n) is 3.57. The molecule has 0 aliphatic rings. The zero-order chi connectivity index (χ0) is 39.8. The molecule has 0 amide bonds. The Morgan fingerprint density at radius 3 is 0.340 bits per heavy atom. The summed E-state index contributed by atoms with van der Waals surface area (Å²) in [5.41, 5.74) is 0. The molecule has 0 heterocycles. The molecule has 0 radical (unpaired) electrons. The largest absolute Gasteiger partial charge is 0.333 e. The number of rotatable bonds is 36. The molecule has 306 valence electrons. The van der Waals surface area contributed by atoms with Crippen LogP contribution in [-0.4, -0.2) is 79.3 Å². The fourth-order valence-electron chi connectivity index (χ4n) is 1.81. The maximum Gasteiger partial charge on any atom is 0.333 e. The summed E-state index contributed by atoms with van der Waals surface area (Å²) in [6, 6.07) is 0. The van der Waals surface area contributed by atoms with Crippen molar-refractivity contribution >= 4 is 34.4 Å². The Balaban J connectivity index is -0.000000192. The van der Waals surface area contributed by atoms with Crippen molar-refractivity contribution in [3.05, 3.63) is 152 Å². The molecule has 0 fully saturated rings. The van der Waals surface area contributed by atoms with Crippen molar-refractivity contribution < 1.29 is 70.8 Å². The molecule has 0 aliphatic carbocycles. The molecule has 0 bridgehead atoms. The first-order valence-corrected chi connectivity index (χ1v) is 19.8. The van der Waals surface area contributed by atoms with Crippen molar-refractivity contribution in [2.75, 3.05) is 79.3 Å². The summed E-state index contributed by atoms with van der Waals surface area (Å²) >= 11 is 0. The van der Waals surface area contributed by atoms with E-state index in [-0.39, 0.29) is 16.5 Å². The molecule has 17 heteroatoms. The first kappa shape index (κ1) is 60.9. The van der Waals surface area contributed by atoms with Gasteiger partial charge in [0, 0.05) is 16.5 Å². The van der Waals surface area contributed by atoms with Crippen LogP contribution in [0.4, 0.5) is 0 Å². The van der Waals surface area contributed by atoms with E-state index in [1.54, 1.807) is 72.9 Å². The van der Waals surface area contributed by atoms with Gasteiger partial charge in [-0.2, -0.15) is 0 Å². The van der Waals surface area contributed by atoms with Crippen LogP contribution in [0.3, 0.4) is 0 Å². The summed E-state index contributed by atoms with van der Waals surface area (Å²) in [4.78, 5) is 0. The predicted octanol–water partition coefficient (Wildman–Crippen LogP) is 11.3. The van der Waals surface area contributed by atoms with Crippen LogP contribution in [-0.2, 0) is 70.8 Å². The molecule has 53 heavy (non-hydrogen) atoms. The zero-order valence-corrected chi connectivity index (χ0v) is 35.5. The van der Waals surface area contributed by atoms with E-state index in [2.05, 4.69) is 78.9 Å². The van der Waals surface area contributed by atoms with Gasteiger partial charge in [0.05, 0.1) is 79.3 Å². The van der Waals surface area contributed by atoms with Gasteiger partial charge in [-0.15, -0.1) is 78.9 Å². The molecule has 12 nitrogen and oxygen atoms in total. The molecule has 0 aromatic carbocycles. The van der Waals surface area contributed by atoms with Gasteiger partial charge in [0.2, 0.25) is 0 Å². The van der Waals surface area contributed by atoms with Crippen LogP contribution in [0.15, 0.2) is 152 Å². The van der Waals surface area contributed by atoms with Gasteiger partial charge in [0.1, 0.15) is 0 Å². The van der Waals surface area contributed by atoms with Crippen molar-refractivity contribution in [2.24, 2.45) is 0 Å². The van der Waals surface area contributed by atoms with Crippen molar-refractivity contribution in [3.8, 4) is 0 Å². The second-order valence-electron chi connectivity index (χ2n) is 7.91. The Labute approximate surface area is 335 Å². The first-order chi connectivity index (χ1) is 25.4. The second kappa shape index (κ2) is 57.3. The van der Waals surface area contributed by atoms with E-state index in [1.165, 1.54) is 0 Å². The normalized spacial score (nSPS) is 9.74. The van der Waals surface area contributed by atoms with Crippen molar-refractivity contribution in [2.45, 2.75) is 0 Å². The van der Waals surface area contributed by atoms with E-state index in [4.69, 9.17) is 54.3 Å². The Hall–Kier alpha value is -1.39. The standard InChI is InChI=1S/4C9H15O3P.Ni/c4*1-4-7-10-13(11-8-5-2)12-9-6-3;/h4*4-6H,1-3,7-9H2;. The fraction of sp³-hybridized carbons (Fsp3) is 0.333. The zero-order valence-electron chi connectivity index (χ0n) is 30.9. The summed E-state index contributed by atoms with van der Waals surface area (Å²) in [7, 11) is -5.17. The summed E-state index contributed by atoms with van der Waals surface area (Å²) in [5.74, 6) is 0. The van der Waals surface area contributed by atoms with Gasteiger partial charge in [-0.3, -0.25) is 0 Å². The minimum atomic E-state index is -1.29. The third-order valence-corrected chi connectivity index (χ3v) is 7.89. The van der Waals surface area contributed by atoms with Gasteiger partial charge in [0.15, 0.2) is 0 Å². The number of hydrogen-bond donors (Lipinski definition) is 0. The van der Waals surface area contributed by atoms with Gasteiger partial charge in [-0.1, -0.05) is 72.9 Å². The van der Waals surface area contributed by atoms with Crippen LogP contribution < -0.4 is 0 Å². The van der Waals surface area contributed by atoms with E-state index < -0.39 is 34.4 Å². The van der Waals surface area contributed by atoms with Crippen LogP contribution in [0.2, 0.25) is 0 Å². The van der Waals surface area contributed by atoms with Crippen molar-refractivity contribution in [1.29, 1.82) is 0 Å². The average molecular weight is 867 g/mol. The Morgan fingerprint density at radius 2 is 0.283 bits per heavy atom. The molecule has 0 unspecified atom stereocenters. The van der Waals surface area contributed by atoms with Gasteiger partial charge in [0.25, 0.3) is 0 Å². The van der Waals surface area contributed by atoms with Crippen molar-refractivity contribution in [3.63, 3.8) is 0 Å². The maximum absolute atomic E-state index is 5.20. The Morgan fingerprint density at radius 1 is 0.208 bits per heavy atom. The molecule has 0 aromatic heterocycles. The molecule has 0 aliphatic heterocycles. The van der Waals surface area contributed by atoms with Gasteiger partial charge in [-0.05, 0) is 0 Å². The van der Waals surface area contributed by atoms with E-state index in [1.807, 2.05) is 0 Å². The smallest absolute Gasteiger partial charge is 0.308 e. The topological polar surface area (TPSA) is 111 Å². The molecule has 0 spiro atoms. The molecule has 0 saturated heterocycles. The average Bonchev–Trinajstić information content (AvgIpc) is 3.17. The summed E-state index contributed by atoms with van der Waals surface area (Å²) in [5, 5.41) is 0. The summed E-state index contributed by atoms with van der Waals surface area (Å²) in [6.45, 7) is 47.3. The third kappa shape index (κ3) is 55.0. The van der Waals surface area contributed by atoms with E-state index in [0.29, 0.717) is 79.3 Å². The molecule has 0 aromatic rings. The van der Waals surface area contributed by atoms with Gasteiger partial charge in [-0.25, -0.2) is 0 Å². The predicted molar refractivity (Wildman–Crippen MR) is 221 cm³/mol. The van der Waals surface area contributed by atoms with E-state index in [9.17, 15) is 0 Å². The van der Waals surface area contributed by atoms with Gasteiger partial charge >= 0.3 is 34.4 Å². The van der Waals surface area contributed by atoms with Crippen LogP contribution in [0.1, 0.15) is 0 Å².